The number of aromatic nitrogens is 2. The van der Waals surface area contributed by atoms with E-state index in [1.807, 2.05) is 18.2 Å². The van der Waals surface area contributed by atoms with Crippen LogP contribution in [0.25, 0.3) is 10.2 Å². The molecule has 1 aromatic carbocycles. The Hall–Kier alpha value is -2.45. The van der Waals surface area contributed by atoms with E-state index >= 15 is 0 Å². The Morgan fingerprint density at radius 2 is 2.05 bits per heavy atom. The van der Waals surface area contributed by atoms with Crippen LogP contribution >= 0.6 is 11.3 Å². The van der Waals surface area contributed by atoms with Crippen LogP contribution in [-0.4, -0.2) is 16.5 Å². The number of hydrogen-bond donors (Lipinski definition) is 0. The number of fused-ring (bicyclic) bond motifs is 1. The van der Waals surface area contributed by atoms with Crippen LogP contribution in [-0.2, 0) is 6.54 Å². The van der Waals surface area contributed by atoms with Gasteiger partial charge in [-0.15, -0.1) is 11.3 Å². The van der Waals surface area contributed by atoms with Gasteiger partial charge in [0.2, 0.25) is 0 Å². The first-order valence-electron chi connectivity index (χ1n) is 7.14. The zero-order chi connectivity index (χ0) is 15.4. The first kappa shape index (κ1) is 14.5. The monoisotopic (exact) mass is 308 g/mol. The van der Waals surface area contributed by atoms with E-state index in [2.05, 4.69) is 45.4 Å². The molecular weight excluding hydrogens is 292 g/mol. The molecule has 5 heteroatoms. The highest BCUT2D eigenvalue weighted by molar-refractivity contribution is 7.17. The maximum atomic E-state index is 8.95. The molecule has 3 rings (SSSR count). The highest BCUT2D eigenvalue weighted by Crippen LogP contribution is 2.31. The summed E-state index contributed by atoms with van der Waals surface area (Å²) in [4.78, 5) is 12.0. The summed E-state index contributed by atoms with van der Waals surface area (Å²) in [6.07, 6.45) is 2.08. The highest BCUT2D eigenvalue weighted by Gasteiger charge is 2.15. The second-order valence-electron chi connectivity index (χ2n) is 5.11. The molecule has 4 nitrogen and oxygen atoms in total. The Bertz CT molecular complexity index is 804. The van der Waals surface area contributed by atoms with Crippen molar-refractivity contribution in [2.24, 2.45) is 0 Å². The van der Waals surface area contributed by atoms with Crippen molar-refractivity contribution in [3.8, 4) is 6.07 Å². The Kier molecular flexibility index (Phi) is 4.31. The fraction of sp³-hybridized carbons (Fsp3) is 0.235. The van der Waals surface area contributed by atoms with Gasteiger partial charge in [-0.05, 0) is 23.4 Å². The predicted octanol–water partition coefficient (Wildman–Crippen LogP) is 3.92. The van der Waals surface area contributed by atoms with Crippen LogP contribution < -0.4 is 4.90 Å². The van der Waals surface area contributed by atoms with Crippen molar-refractivity contribution in [3.63, 3.8) is 0 Å². The Labute approximate surface area is 133 Å². The second-order valence-corrected chi connectivity index (χ2v) is 5.97. The Morgan fingerprint density at radius 1 is 1.23 bits per heavy atom. The quantitative estimate of drug-likeness (QED) is 0.717. The standard InChI is InChI=1S/C17H16N4S/c1-13-11-22-17-15(13)16(19-12-20-17)21(9-5-8-18)10-14-6-3-2-4-7-14/h2-4,6-7,11-12H,5,9-10H2,1H3. The molecule has 2 heterocycles. The van der Waals surface area contributed by atoms with Gasteiger partial charge in [0.05, 0.1) is 17.9 Å². The molecule has 0 atom stereocenters. The number of anilines is 1. The summed E-state index contributed by atoms with van der Waals surface area (Å²) >= 11 is 1.63. The molecule has 0 saturated carbocycles. The van der Waals surface area contributed by atoms with E-state index in [0.29, 0.717) is 13.0 Å². The van der Waals surface area contributed by atoms with Crippen molar-refractivity contribution in [2.75, 3.05) is 11.4 Å². The summed E-state index contributed by atoms with van der Waals surface area (Å²) in [5.41, 5.74) is 2.39. The number of nitrogens with zero attached hydrogens (tertiary/aromatic N) is 4. The van der Waals surface area contributed by atoms with Crippen molar-refractivity contribution < 1.29 is 0 Å². The van der Waals surface area contributed by atoms with Crippen molar-refractivity contribution in [1.82, 2.24) is 9.97 Å². The van der Waals surface area contributed by atoms with Gasteiger partial charge in [0.15, 0.2) is 0 Å². The molecule has 0 amide bonds. The summed E-state index contributed by atoms with van der Waals surface area (Å²) in [5.74, 6) is 0.919. The molecule has 0 aliphatic rings. The minimum absolute atomic E-state index is 0.474. The van der Waals surface area contributed by atoms with E-state index in [1.54, 1.807) is 17.7 Å². The van der Waals surface area contributed by atoms with E-state index in [0.717, 1.165) is 22.6 Å². The van der Waals surface area contributed by atoms with Crippen LogP contribution in [0.4, 0.5) is 5.82 Å². The molecule has 2 aromatic heterocycles. The molecule has 0 fully saturated rings. The maximum absolute atomic E-state index is 8.95. The van der Waals surface area contributed by atoms with Gasteiger partial charge in [0.25, 0.3) is 0 Å². The summed E-state index contributed by atoms with van der Waals surface area (Å²) < 4.78 is 0. The number of aryl methyl sites for hydroxylation is 1. The van der Waals surface area contributed by atoms with Crippen molar-refractivity contribution in [2.45, 2.75) is 19.9 Å². The number of benzene rings is 1. The SMILES string of the molecule is Cc1csc2ncnc(N(CCC#N)Cc3ccccc3)c12. The van der Waals surface area contributed by atoms with Gasteiger partial charge in [0.1, 0.15) is 17.0 Å². The second kappa shape index (κ2) is 6.54. The van der Waals surface area contributed by atoms with E-state index in [9.17, 15) is 0 Å². The molecule has 110 valence electrons. The molecule has 0 spiro atoms. The summed E-state index contributed by atoms with van der Waals surface area (Å²) in [7, 11) is 0. The normalized spacial score (nSPS) is 10.5. The molecule has 0 radical (unpaired) electrons. The van der Waals surface area contributed by atoms with Gasteiger partial charge in [-0.3, -0.25) is 0 Å². The van der Waals surface area contributed by atoms with E-state index in [1.165, 1.54) is 11.1 Å². The van der Waals surface area contributed by atoms with Crippen LogP contribution in [0.1, 0.15) is 17.5 Å². The molecule has 0 aliphatic heterocycles. The summed E-state index contributed by atoms with van der Waals surface area (Å²) in [6, 6.07) is 12.5. The molecule has 0 N–H and O–H groups in total. The van der Waals surface area contributed by atoms with Gasteiger partial charge in [0, 0.05) is 13.1 Å². The third-order valence-electron chi connectivity index (χ3n) is 3.54. The first-order chi connectivity index (χ1) is 10.8. The summed E-state index contributed by atoms with van der Waals surface area (Å²) in [5, 5.41) is 12.2. The van der Waals surface area contributed by atoms with Gasteiger partial charge in [-0.25, -0.2) is 9.97 Å². The maximum Gasteiger partial charge on any atom is 0.141 e. The summed E-state index contributed by atoms with van der Waals surface area (Å²) in [6.45, 7) is 3.48. The van der Waals surface area contributed by atoms with Crippen LogP contribution in [0.2, 0.25) is 0 Å². The lowest BCUT2D eigenvalue weighted by Crippen LogP contribution is -2.25. The highest BCUT2D eigenvalue weighted by atomic mass is 32.1. The van der Waals surface area contributed by atoms with E-state index in [4.69, 9.17) is 5.26 Å². The topological polar surface area (TPSA) is 52.8 Å². The number of hydrogen-bond acceptors (Lipinski definition) is 5. The van der Waals surface area contributed by atoms with Crippen LogP contribution in [0.15, 0.2) is 42.0 Å². The third-order valence-corrected chi connectivity index (χ3v) is 4.55. The molecule has 0 aliphatic carbocycles. The Balaban J connectivity index is 2.00. The van der Waals surface area contributed by atoms with Gasteiger partial charge < -0.3 is 4.90 Å². The Morgan fingerprint density at radius 3 is 2.82 bits per heavy atom. The van der Waals surface area contributed by atoms with Gasteiger partial charge >= 0.3 is 0 Å². The molecule has 0 saturated heterocycles. The minimum atomic E-state index is 0.474. The van der Waals surface area contributed by atoms with Crippen molar-refractivity contribution in [1.29, 1.82) is 5.26 Å². The largest absolute Gasteiger partial charge is 0.351 e. The van der Waals surface area contributed by atoms with E-state index < -0.39 is 0 Å². The van der Waals surface area contributed by atoms with E-state index in [-0.39, 0.29) is 0 Å². The molecule has 0 unspecified atom stereocenters. The molecule has 3 aromatic rings. The van der Waals surface area contributed by atoms with Crippen LogP contribution in [0.5, 0.6) is 0 Å². The number of nitriles is 1. The average molecular weight is 308 g/mol. The van der Waals surface area contributed by atoms with Crippen molar-refractivity contribution in [3.05, 3.63) is 53.2 Å². The lowest BCUT2D eigenvalue weighted by molar-refractivity contribution is 0.785. The van der Waals surface area contributed by atoms with Gasteiger partial charge in [-0.2, -0.15) is 5.26 Å². The number of rotatable bonds is 5. The van der Waals surface area contributed by atoms with Crippen molar-refractivity contribution >= 4 is 27.4 Å². The number of thiophene rings is 1. The molecule has 0 bridgehead atoms. The smallest absolute Gasteiger partial charge is 0.141 e. The van der Waals surface area contributed by atoms with Gasteiger partial charge in [-0.1, -0.05) is 30.3 Å². The molecular formula is C17H16N4S. The minimum Gasteiger partial charge on any atom is -0.351 e. The fourth-order valence-electron chi connectivity index (χ4n) is 2.49. The lowest BCUT2D eigenvalue weighted by atomic mass is 10.2. The zero-order valence-electron chi connectivity index (χ0n) is 12.4. The zero-order valence-corrected chi connectivity index (χ0v) is 13.2. The van der Waals surface area contributed by atoms with Crippen LogP contribution in [0, 0.1) is 18.3 Å². The molecule has 22 heavy (non-hydrogen) atoms. The predicted molar refractivity (Wildman–Crippen MR) is 89.9 cm³/mol. The first-order valence-corrected chi connectivity index (χ1v) is 8.02. The fourth-order valence-corrected chi connectivity index (χ4v) is 3.37. The lowest BCUT2D eigenvalue weighted by Gasteiger charge is -2.23. The van der Waals surface area contributed by atoms with Crippen LogP contribution in [0.3, 0.4) is 0 Å². The third kappa shape index (κ3) is 2.92. The average Bonchev–Trinajstić information content (AvgIpc) is 2.94.